The lowest BCUT2D eigenvalue weighted by Gasteiger charge is -2.30. The van der Waals surface area contributed by atoms with E-state index in [1.165, 1.54) is 5.56 Å². The van der Waals surface area contributed by atoms with Crippen LogP contribution in [0.3, 0.4) is 0 Å². The van der Waals surface area contributed by atoms with E-state index in [9.17, 15) is 0 Å². The Kier molecular flexibility index (Phi) is 5.88. The maximum absolute atomic E-state index is 5.95. The number of nitrogens with one attached hydrogen (secondary N) is 1. The van der Waals surface area contributed by atoms with Gasteiger partial charge in [0.15, 0.2) is 11.5 Å². The van der Waals surface area contributed by atoms with E-state index in [0.717, 1.165) is 24.5 Å². The molecule has 2 unspecified atom stereocenters. The van der Waals surface area contributed by atoms with Crippen molar-refractivity contribution in [1.29, 1.82) is 0 Å². The quantitative estimate of drug-likeness (QED) is 0.874. The van der Waals surface area contributed by atoms with E-state index in [-0.39, 0.29) is 12.1 Å². The summed E-state index contributed by atoms with van der Waals surface area (Å²) >= 11 is 0. The first-order valence-electron chi connectivity index (χ1n) is 7.85. The molecule has 1 aromatic carbocycles. The van der Waals surface area contributed by atoms with Crippen molar-refractivity contribution in [3.63, 3.8) is 0 Å². The van der Waals surface area contributed by atoms with Crippen molar-refractivity contribution >= 4 is 0 Å². The summed E-state index contributed by atoms with van der Waals surface area (Å²) in [6.45, 7) is 8.55. The van der Waals surface area contributed by atoms with Gasteiger partial charge in [-0.15, -0.1) is 0 Å². The summed E-state index contributed by atoms with van der Waals surface area (Å²) in [7, 11) is 1.97. The van der Waals surface area contributed by atoms with Gasteiger partial charge in [0.2, 0.25) is 0 Å². The van der Waals surface area contributed by atoms with E-state index in [1.807, 2.05) is 20.0 Å². The van der Waals surface area contributed by atoms with Crippen LogP contribution in [0.4, 0.5) is 0 Å². The van der Waals surface area contributed by atoms with Crippen molar-refractivity contribution in [2.75, 3.05) is 26.9 Å². The Morgan fingerprint density at radius 2 is 1.90 bits per heavy atom. The van der Waals surface area contributed by atoms with Crippen LogP contribution in [-0.4, -0.2) is 33.0 Å². The first kappa shape index (κ1) is 16.1. The van der Waals surface area contributed by atoms with Crippen LogP contribution in [0.2, 0.25) is 0 Å². The standard InChI is InChI=1S/C17H27NO3/c1-5-19-17(12(2)3)16(18-4)13-7-8-14-15(11-13)21-10-6-9-20-14/h7-8,11-12,16-18H,5-6,9-10H2,1-4H3. The summed E-state index contributed by atoms with van der Waals surface area (Å²) in [6.07, 6.45) is 1.05. The van der Waals surface area contributed by atoms with Crippen LogP contribution in [0.15, 0.2) is 18.2 Å². The number of hydrogen-bond donors (Lipinski definition) is 1. The van der Waals surface area contributed by atoms with E-state index in [2.05, 4.69) is 31.3 Å². The van der Waals surface area contributed by atoms with Crippen LogP contribution in [0.1, 0.15) is 38.8 Å². The molecule has 21 heavy (non-hydrogen) atoms. The second kappa shape index (κ2) is 7.66. The summed E-state index contributed by atoms with van der Waals surface area (Å²) in [5, 5.41) is 3.39. The molecule has 0 aliphatic carbocycles. The fraction of sp³-hybridized carbons (Fsp3) is 0.647. The van der Waals surface area contributed by atoms with Gasteiger partial charge >= 0.3 is 0 Å². The topological polar surface area (TPSA) is 39.7 Å². The SMILES string of the molecule is CCOC(C(C)C)C(NC)c1ccc2c(c1)OCCCO2. The van der Waals surface area contributed by atoms with Gasteiger partial charge in [-0.2, -0.15) is 0 Å². The largest absolute Gasteiger partial charge is 0.490 e. The third kappa shape index (κ3) is 3.89. The maximum atomic E-state index is 5.95. The van der Waals surface area contributed by atoms with Crippen molar-refractivity contribution in [2.45, 2.75) is 39.3 Å². The third-order valence-corrected chi connectivity index (χ3v) is 3.79. The smallest absolute Gasteiger partial charge is 0.161 e. The molecule has 1 aliphatic heterocycles. The summed E-state index contributed by atoms with van der Waals surface area (Å²) in [5.74, 6) is 2.10. The van der Waals surface area contributed by atoms with Crippen molar-refractivity contribution in [2.24, 2.45) is 5.92 Å². The van der Waals surface area contributed by atoms with E-state index in [1.54, 1.807) is 0 Å². The lowest BCUT2D eigenvalue weighted by Crippen LogP contribution is -2.35. The predicted molar refractivity (Wildman–Crippen MR) is 84.1 cm³/mol. The number of ether oxygens (including phenoxy) is 3. The van der Waals surface area contributed by atoms with Gasteiger partial charge in [0, 0.05) is 13.0 Å². The molecule has 4 heteroatoms. The highest BCUT2D eigenvalue weighted by Gasteiger charge is 2.26. The monoisotopic (exact) mass is 293 g/mol. The lowest BCUT2D eigenvalue weighted by molar-refractivity contribution is 0.00455. The molecule has 4 nitrogen and oxygen atoms in total. The highest BCUT2D eigenvalue weighted by molar-refractivity contribution is 5.44. The summed E-state index contributed by atoms with van der Waals surface area (Å²) in [4.78, 5) is 0. The van der Waals surface area contributed by atoms with Gasteiger partial charge < -0.3 is 19.5 Å². The molecule has 0 saturated carbocycles. The van der Waals surface area contributed by atoms with Crippen LogP contribution >= 0.6 is 0 Å². The average Bonchev–Trinajstić information content (AvgIpc) is 2.71. The predicted octanol–water partition coefficient (Wildman–Crippen LogP) is 3.17. The Balaban J connectivity index is 2.27. The van der Waals surface area contributed by atoms with Gasteiger partial charge in [0.1, 0.15) is 0 Å². The highest BCUT2D eigenvalue weighted by atomic mass is 16.5. The maximum Gasteiger partial charge on any atom is 0.161 e. The number of hydrogen-bond acceptors (Lipinski definition) is 4. The van der Waals surface area contributed by atoms with Crippen molar-refractivity contribution in [3.05, 3.63) is 23.8 Å². The van der Waals surface area contributed by atoms with Crippen molar-refractivity contribution in [3.8, 4) is 11.5 Å². The van der Waals surface area contributed by atoms with Crippen LogP contribution < -0.4 is 14.8 Å². The molecule has 0 aromatic heterocycles. The normalized spacial score (nSPS) is 17.4. The minimum Gasteiger partial charge on any atom is -0.490 e. The number of rotatable bonds is 6. The van der Waals surface area contributed by atoms with Crippen molar-refractivity contribution < 1.29 is 14.2 Å². The molecular weight excluding hydrogens is 266 g/mol. The molecule has 1 aromatic rings. The van der Waals surface area contributed by atoms with Gasteiger partial charge in [-0.3, -0.25) is 0 Å². The van der Waals surface area contributed by atoms with Crippen molar-refractivity contribution in [1.82, 2.24) is 5.32 Å². The number of benzene rings is 1. The molecule has 0 saturated heterocycles. The van der Waals surface area contributed by atoms with Crippen LogP contribution in [0, 0.1) is 5.92 Å². The molecule has 2 atom stereocenters. The molecule has 1 aliphatic rings. The van der Waals surface area contributed by atoms with Crippen LogP contribution in [0.25, 0.3) is 0 Å². The molecule has 0 bridgehead atoms. The molecule has 118 valence electrons. The first-order valence-corrected chi connectivity index (χ1v) is 7.85. The van der Waals surface area contributed by atoms with Gasteiger partial charge in [-0.25, -0.2) is 0 Å². The second-order valence-electron chi connectivity index (χ2n) is 5.69. The average molecular weight is 293 g/mol. The molecule has 1 heterocycles. The molecule has 0 fully saturated rings. The Morgan fingerprint density at radius 1 is 1.19 bits per heavy atom. The lowest BCUT2D eigenvalue weighted by atomic mass is 9.93. The Hall–Kier alpha value is -1.26. The van der Waals surface area contributed by atoms with Gasteiger partial charge in [-0.05, 0) is 37.6 Å². The molecule has 0 radical (unpaired) electrons. The Morgan fingerprint density at radius 3 is 2.52 bits per heavy atom. The minimum absolute atomic E-state index is 0.129. The molecule has 2 rings (SSSR count). The van der Waals surface area contributed by atoms with Gasteiger partial charge in [0.05, 0.1) is 25.4 Å². The van der Waals surface area contributed by atoms with E-state index in [4.69, 9.17) is 14.2 Å². The highest BCUT2D eigenvalue weighted by Crippen LogP contribution is 2.34. The van der Waals surface area contributed by atoms with Gasteiger partial charge in [0.25, 0.3) is 0 Å². The summed E-state index contributed by atoms with van der Waals surface area (Å²) in [5.41, 5.74) is 1.17. The number of fused-ring (bicyclic) bond motifs is 1. The van der Waals surface area contributed by atoms with Gasteiger partial charge in [-0.1, -0.05) is 19.9 Å². The zero-order valence-corrected chi connectivity index (χ0v) is 13.5. The summed E-state index contributed by atoms with van der Waals surface area (Å²) < 4.78 is 17.4. The minimum atomic E-state index is 0.129. The van der Waals surface area contributed by atoms with E-state index < -0.39 is 0 Å². The van der Waals surface area contributed by atoms with E-state index >= 15 is 0 Å². The van der Waals surface area contributed by atoms with E-state index in [0.29, 0.717) is 19.1 Å². The molecule has 1 N–H and O–H groups in total. The molecule has 0 amide bonds. The zero-order valence-electron chi connectivity index (χ0n) is 13.5. The zero-order chi connectivity index (χ0) is 15.2. The fourth-order valence-corrected chi connectivity index (χ4v) is 2.76. The Labute approximate surface area is 127 Å². The fourth-order valence-electron chi connectivity index (χ4n) is 2.76. The first-order chi connectivity index (χ1) is 10.2. The molecule has 0 spiro atoms. The Bertz CT molecular complexity index is 448. The summed E-state index contributed by atoms with van der Waals surface area (Å²) in [6, 6.07) is 6.32. The third-order valence-electron chi connectivity index (χ3n) is 3.79. The second-order valence-corrected chi connectivity index (χ2v) is 5.69. The van der Waals surface area contributed by atoms with Crippen LogP contribution in [-0.2, 0) is 4.74 Å². The number of likely N-dealkylation sites (N-methyl/N-ethyl adjacent to an activating group) is 1. The van der Waals surface area contributed by atoms with Crippen LogP contribution in [0.5, 0.6) is 11.5 Å². The molecular formula is C17H27NO3.